The van der Waals surface area contributed by atoms with Crippen molar-refractivity contribution >= 4 is 28.5 Å². The summed E-state index contributed by atoms with van der Waals surface area (Å²) in [6.07, 6.45) is 1.60. The second kappa shape index (κ2) is 10.6. The topological polar surface area (TPSA) is 80.6 Å². The van der Waals surface area contributed by atoms with Gasteiger partial charge in [0, 0.05) is 30.2 Å². The molecule has 0 bridgehead atoms. The van der Waals surface area contributed by atoms with Gasteiger partial charge in [-0.05, 0) is 38.5 Å². The van der Waals surface area contributed by atoms with Crippen LogP contribution in [0.3, 0.4) is 0 Å². The number of carbonyl (C=O) groups excluding carboxylic acids is 3. The van der Waals surface area contributed by atoms with Crippen LogP contribution in [0.5, 0.6) is 5.75 Å². The molecule has 0 atom stereocenters. The molecule has 2 amide bonds. The summed E-state index contributed by atoms with van der Waals surface area (Å²) in [4.78, 5) is 39.4. The van der Waals surface area contributed by atoms with Gasteiger partial charge in [-0.15, -0.1) is 0 Å². The summed E-state index contributed by atoms with van der Waals surface area (Å²) in [5.41, 5.74) is 2.08. The molecule has 1 aromatic heterocycles. The molecule has 0 saturated heterocycles. The quantitative estimate of drug-likeness (QED) is 0.301. The van der Waals surface area contributed by atoms with Crippen LogP contribution in [0.4, 0.5) is 0 Å². The number of nitrogens with zero attached hydrogens (tertiary/aromatic N) is 2. The number of ketones is 1. The molecule has 1 N–H and O–H groups in total. The van der Waals surface area contributed by atoms with Crippen molar-refractivity contribution in [2.45, 2.75) is 27.3 Å². The summed E-state index contributed by atoms with van der Waals surface area (Å²) in [5.74, 6) is -0.501. The molecule has 32 heavy (non-hydrogen) atoms. The van der Waals surface area contributed by atoms with Crippen LogP contribution in [-0.4, -0.2) is 53.3 Å². The van der Waals surface area contributed by atoms with Gasteiger partial charge in [-0.1, -0.05) is 36.4 Å². The Balaban J connectivity index is 1.67. The van der Waals surface area contributed by atoms with E-state index in [-0.39, 0.29) is 12.5 Å². The Morgan fingerprint density at radius 2 is 1.69 bits per heavy atom. The maximum absolute atomic E-state index is 12.9. The maximum atomic E-state index is 12.9. The van der Waals surface area contributed by atoms with E-state index in [1.807, 2.05) is 63.2 Å². The highest BCUT2D eigenvalue weighted by Crippen LogP contribution is 2.22. The second-order valence-electron chi connectivity index (χ2n) is 7.46. The number of carbonyl (C=O) groups is 3. The molecule has 0 aliphatic carbocycles. The zero-order chi connectivity index (χ0) is 23.1. The van der Waals surface area contributed by atoms with Crippen molar-refractivity contribution in [1.82, 2.24) is 14.8 Å². The molecule has 0 unspecified atom stereocenters. The summed E-state index contributed by atoms with van der Waals surface area (Å²) < 4.78 is 7.41. The fourth-order valence-corrected chi connectivity index (χ4v) is 3.61. The molecule has 0 aliphatic heterocycles. The summed E-state index contributed by atoms with van der Waals surface area (Å²) in [5, 5.41) is 3.50. The number of amides is 2. The predicted molar refractivity (Wildman–Crippen MR) is 124 cm³/mol. The normalized spacial score (nSPS) is 10.7. The highest BCUT2D eigenvalue weighted by molar-refractivity contribution is 6.44. The van der Waals surface area contributed by atoms with E-state index in [9.17, 15) is 14.4 Å². The number of aryl methyl sites for hydroxylation is 1. The van der Waals surface area contributed by atoms with E-state index in [0.717, 1.165) is 16.8 Å². The first-order valence-corrected chi connectivity index (χ1v) is 10.8. The van der Waals surface area contributed by atoms with Crippen LogP contribution in [0.2, 0.25) is 0 Å². The predicted octanol–water partition coefficient (Wildman–Crippen LogP) is 3.20. The molecule has 3 aromatic rings. The number of Topliss-reactive ketones (excluding diaryl/α,β-unsaturated/α-hetero) is 1. The van der Waals surface area contributed by atoms with Crippen LogP contribution in [0.15, 0.2) is 54.7 Å². The highest BCUT2D eigenvalue weighted by atomic mass is 16.5. The fraction of sp³-hybridized carbons (Fsp3) is 0.320. The Morgan fingerprint density at radius 1 is 1.00 bits per heavy atom. The molecule has 7 heteroatoms. The number of fused-ring (bicyclic) bond motifs is 1. The zero-order valence-electron chi connectivity index (χ0n) is 18.8. The Kier molecular flexibility index (Phi) is 7.65. The molecule has 0 spiro atoms. The lowest BCUT2D eigenvalue weighted by atomic mass is 10.1. The van der Waals surface area contributed by atoms with E-state index in [2.05, 4.69) is 5.32 Å². The number of benzene rings is 2. The van der Waals surface area contributed by atoms with Gasteiger partial charge in [-0.2, -0.15) is 0 Å². The number of hydrogen-bond acceptors (Lipinski definition) is 4. The number of ether oxygens (including phenoxy) is 1. The maximum Gasteiger partial charge on any atom is 0.295 e. The number of likely N-dealkylation sites (N-methyl/N-ethyl adjacent to an activating group) is 1. The fourth-order valence-electron chi connectivity index (χ4n) is 3.61. The molecular weight excluding hydrogens is 406 g/mol. The molecule has 7 nitrogen and oxygen atoms in total. The van der Waals surface area contributed by atoms with Crippen molar-refractivity contribution in [3.63, 3.8) is 0 Å². The number of aromatic nitrogens is 1. The third kappa shape index (κ3) is 5.17. The van der Waals surface area contributed by atoms with Gasteiger partial charge in [0.15, 0.2) is 0 Å². The molecule has 0 fully saturated rings. The van der Waals surface area contributed by atoms with E-state index in [1.165, 1.54) is 4.90 Å². The smallest absolute Gasteiger partial charge is 0.295 e. The number of nitrogens with one attached hydrogen (secondary N) is 1. The monoisotopic (exact) mass is 435 g/mol. The SMILES string of the molecule is CCN(CC)C(=O)C(=O)c1cn(CC(=O)NCCOc2ccccc2C)c2ccccc12. The van der Waals surface area contributed by atoms with Crippen LogP contribution in [-0.2, 0) is 16.1 Å². The standard InChI is InChI=1S/C25H29N3O4/c1-4-27(5-2)25(31)24(30)20-16-28(21-12-8-7-11-19(20)21)17-23(29)26-14-15-32-22-13-9-6-10-18(22)3/h6-13,16H,4-5,14-15,17H2,1-3H3,(H,26,29). The Morgan fingerprint density at radius 3 is 2.41 bits per heavy atom. The van der Waals surface area contributed by atoms with Crippen molar-refractivity contribution in [1.29, 1.82) is 0 Å². The molecule has 168 valence electrons. The lowest BCUT2D eigenvalue weighted by Gasteiger charge is -2.17. The molecule has 2 aromatic carbocycles. The van der Waals surface area contributed by atoms with E-state index in [4.69, 9.17) is 4.74 Å². The van der Waals surface area contributed by atoms with Crippen LogP contribution < -0.4 is 10.1 Å². The third-order valence-electron chi connectivity index (χ3n) is 5.37. The van der Waals surface area contributed by atoms with E-state index >= 15 is 0 Å². The summed E-state index contributed by atoms with van der Waals surface area (Å²) in [6, 6.07) is 15.0. The van der Waals surface area contributed by atoms with Gasteiger partial charge >= 0.3 is 0 Å². The van der Waals surface area contributed by atoms with Gasteiger partial charge in [-0.25, -0.2) is 0 Å². The first-order valence-electron chi connectivity index (χ1n) is 10.8. The lowest BCUT2D eigenvalue weighted by Crippen LogP contribution is -2.36. The minimum Gasteiger partial charge on any atom is -0.491 e. The van der Waals surface area contributed by atoms with Crippen LogP contribution in [0, 0.1) is 6.92 Å². The lowest BCUT2D eigenvalue weighted by molar-refractivity contribution is -0.126. The minimum atomic E-state index is -0.560. The molecular formula is C25H29N3O4. The summed E-state index contributed by atoms with van der Waals surface area (Å²) >= 11 is 0. The molecule has 0 aliphatic rings. The van der Waals surface area contributed by atoms with Crippen molar-refractivity contribution in [3.8, 4) is 5.75 Å². The first-order chi connectivity index (χ1) is 15.5. The highest BCUT2D eigenvalue weighted by Gasteiger charge is 2.25. The van der Waals surface area contributed by atoms with Gasteiger partial charge in [0.1, 0.15) is 18.9 Å². The largest absolute Gasteiger partial charge is 0.491 e. The van der Waals surface area contributed by atoms with E-state index in [0.29, 0.717) is 37.2 Å². The molecule has 1 heterocycles. The van der Waals surface area contributed by atoms with E-state index in [1.54, 1.807) is 16.8 Å². The van der Waals surface area contributed by atoms with E-state index < -0.39 is 11.7 Å². The first kappa shape index (κ1) is 23.1. The van der Waals surface area contributed by atoms with Gasteiger partial charge in [-0.3, -0.25) is 14.4 Å². The minimum absolute atomic E-state index is 0.0393. The van der Waals surface area contributed by atoms with Crippen LogP contribution in [0.25, 0.3) is 10.9 Å². The molecule has 0 radical (unpaired) electrons. The Hall–Kier alpha value is -3.61. The zero-order valence-corrected chi connectivity index (χ0v) is 18.8. The average molecular weight is 436 g/mol. The summed E-state index contributed by atoms with van der Waals surface area (Å²) in [7, 11) is 0. The molecule has 3 rings (SSSR count). The van der Waals surface area contributed by atoms with Gasteiger partial charge < -0.3 is 19.5 Å². The molecule has 0 saturated carbocycles. The van der Waals surface area contributed by atoms with Crippen molar-refractivity contribution < 1.29 is 19.1 Å². The van der Waals surface area contributed by atoms with Crippen LogP contribution in [0.1, 0.15) is 29.8 Å². The number of para-hydroxylation sites is 2. The Bertz CT molecular complexity index is 1120. The average Bonchev–Trinajstić information content (AvgIpc) is 3.16. The second-order valence-corrected chi connectivity index (χ2v) is 7.46. The van der Waals surface area contributed by atoms with Crippen molar-refractivity contribution in [2.75, 3.05) is 26.2 Å². The van der Waals surface area contributed by atoms with Crippen LogP contribution >= 0.6 is 0 Å². The van der Waals surface area contributed by atoms with Gasteiger partial charge in [0.25, 0.3) is 11.7 Å². The van der Waals surface area contributed by atoms with Crippen molar-refractivity contribution in [3.05, 3.63) is 65.9 Å². The van der Waals surface area contributed by atoms with Gasteiger partial charge in [0.2, 0.25) is 5.91 Å². The Labute approximate surface area is 188 Å². The number of rotatable bonds is 10. The third-order valence-corrected chi connectivity index (χ3v) is 5.37. The number of hydrogen-bond donors (Lipinski definition) is 1. The van der Waals surface area contributed by atoms with Gasteiger partial charge in [0.05, 0.1) is 12.1 Å². The van der Waals surface area contributed by atoms with Crippen molar-refractivity contribution in [2.24, 2.45) is 0 Å². The summed E-state index contributed by atoms with van der Waals surface area (Å²) in [6.45, 7) is 7.33.